The van der Waals surface area contributed by atoms with Gasteiger partial charge in [-0.3, -0.25) is 14.4 Å². The Bertz CT molecular complexity index is 248. The van der Waals surface area contributed by atoms with E-state index >= 15 is 0 Å². The summed E-state index contributed by atoms with van der Waals surface area (Å²) in [5, 5.41) is 8.65. The highest BCUT2D eigenvalue weighted by Gasteiger charge is 2.25. The Hall–Kier alpha value is -1.10. The van der Waals surface area contributed by atoms with Gasteiger partial charge in [-0.2, -0.15) is 0 Å². The summed E-state index contributed by atoms with van der Waals surface area (Å²) in [6, 6.07) is 0. The van der Waals surface area contributed by atoms with Gasteiger partial charge in [-0.1, -0.05) is 27.7 Å². The van der Waals surface area contributed by atoms with E-state index in [-0.39, 0.29) is 18.7 Å². The van der Waals surface area contributed by atoms with Crippen molar-refractivity contribution < 1.29 is 19.5 Å². The van der Waals surface area contributed by atoms with Crippen LogP contribution in [0.4, 0.5) is 0 Å². The molecule has 0 fully saturated rings. The van der Waals surface area contributed by atoms with Crippen LogP contribution in [0.25, 0.3) is 0 Å². The number of carbonyl (C=O) groups is 2. The molecule has 0 saturated carbocycles. The molecule has 5 heteroatoms. The Morgan fingerprint density at radius 2 is 1.88 bits per heavy atom. The van der Waals surface area contributed by atoms with E-state index in [0.717, 1.165) is 0 Å². The van der Waals surface area contributed by atoms with Crippen LogP contribution < -0.4 is 5.48 Å². The second kappa shape index (κ2) is 6.48. The molecule has 0 aliphatic rings. The molecule has 0 rings (SSSR count). The van der Waals surface area contributed by atoms with Crippen LogP contribution in [0.5, 0.6) is 0 Å². The molecule has 0 aliphatic heterocycles. The van der Waals surface area contributed by atoms with Gasteiger partial charge in [-0.05, 0) is 11.3 Å². The maximum atomic E-state index is 11.4. The monoisotopic (exact) mass is 231 g/mol. The number of carbonyl (C=O) groups excluding carboxylic acids is 1. The summed E-state index contributed by atoms with van der Waals surface area (Å²) in [4.78, 5) is 26.9. The normalized spacial score (nSPS) is 11.6. The van der Waals surface area contributed by atoms with Gasteiger partial charge in [0.2, 0.25) is 5.91 Å². The minimum absolute atomic E-state index is 0.0371. The summed E-state index contributed by atoms with van der Waals surface area (Å²) >= 11 is 0. The molecule has 0 aromatic rings. The Morgan fingerprint density at radius 3 is 2.31 bits per heavy atom. The van der Waals surface area contributed by atoms with Crippen molar-refractivity contribution in [2.24, 2.45) is 11.3 Å². The van der Waals surface area contributed by atoms with Crippen LogP contribution in [0.3, 0.4) is 0 Å². The topological polar surface area (TPSA) is 75.6 Å². The average Bonchev–Trinajstić information content (AvgIpc) is 1.98. The number of carboxylic acid groups (broad SMARTS) is 1. The highest BCUT2D eigenvalue weighted by Crippen LogP contribution is 2.24. The van der Waals surface area contributed by atoms with Gasteiger partial charge in [-0.15, -0.1) is 0 Å². The van der Waals surface area contributed by atoms with Gasteiger partial charge in [0.1, 0.15) is 0 Å². The van der Waals surface area contributed by atoms with E-state index in [4.69, 9.17) is 9.94 Å². The smallest absolute Gasteiger partial charge is 0.303 e. The predicted molar refractivity (Wildman–Crippen MR) is 59.6 cm³/mol. The Balaban J connectivity index is 3.89. The zero-order valence-corrected chi connectivity index (χ0v) is 10.4. The number of nitrogens with one attached hydrogen (secondary N) is 1. The number of hydroxylamine groups is 1. The van der Waals surface area contributed by atoms with Gasteiger partial charge in [0, 0.05) is 6.42 Å². The molecule has 1 amide bonds. The first-order valence-electron chi connectivity index (χ1n) is 5.35. The van der Waals surface area contributed by atoms with Gasteiger partial charge >= 0.3 is 5.97 Å². The fourth-order valence-corrected chi connectivity index (χ4v) is 1.23. The lowest BCUT2D eigenvalue weighted by Crippen LogP contribution is -2.31. The third kappa shape index (κ3) is 8.23. The van der Waals surface area contributed by atoms with Crippen molar-refractivity contribution in [1.82, 2.24) is 5.48 Å². The quantitative estimate of drug-likeness (QED) is 0.652. The molecule has 0 aliphatic carbocycles. The van der Waals surface area contributed by atoms with Crippen molar-refractivity contribution in [2.75, 3.05) is 6.61 Å². The third-order valence-electron chi connectivity index (χ3n) is 1.87. The fraction of sp³-hybridized carbons (Fsp3) is 0.818. The van der Waals surface area contributed by atoms with E-state index in [1.165, 1.54) is 0 Å². The number of hydrogen-bond acceptors (Lipinski definition) is 3. The minimum Gasteiger partial charge on any atom is -0.481 e. The van der Waals surface area contributed by atoms with E-state index in [9.17, 15) is 9.59 Å². The Labute approximate surface area is 96.1 Å². The average molecular weight is 231 g/mol. The molecule has 0 radical (unpaired) electrons. The second-order valence-electron chi connectivity index (χ2n) is 5.14. The van der Waals surface area contributed by atoms with Gasteiger partial charge in [0.25, 0.3) is 0 Å². The van der Waals surface area contributed by atoms with Crippen molar-refractivity contribution in [3.8, 4) is 0 Å². The lowest BCUT2D eigenvalue weighted by molar-refractivity contribution is -0.141. The molecule has 0 atom stereocenters. The molecule has 16 heavy (non-hydrogen) atoms. The van der Waals surface area contributed by atoms with Crippen molar-refractivity contribution in [1.29, 1.82) is 0 Å². The number of aliphatic carboxylic acids is 1. The number of rotatable bonds is 7. The number of carboxylic acids is 1. The largest absolute Gasteiger partial charge is 0.481 e. The van der Waals surface area contributed by atoms with Crippen LogP contribution in [0, 0.1) is 11.3 Å². The zero-order valence-electron chi connectivity index (χ0n) is 10.4. The molecule has 2 N–H and O–H groups in total. The van der Waals surface area contributed by atoms with Gasteiger partial charge in [-0.25, -0.2) is 5.48 Å². The van der Waals surface area contributed by atoms with Crippen molar-refractivity contribution in [3.63, 3.8) is 0 Å². The molecule has 0 heterocycles. The number of hydrogen-bond donors (Lipinski definition) is 2. The molecular formula is C11H21NO4. The van der Waals surface area contributed by atoms with Crippen LogP contribution in [-0.2, 0) is 14.4 Å². The van der Waals surface area contributed by atoms with E-state index in [1.54, 1.807) is 13.8 Å². The van der Waals surface area contributed by atoms with Crippen LogP contribution >= 0.6 is 0 Å². The van der Waals surface area contributed by atoms with Crippen LogP contribution in [0.1, 0.15) is 40.5 Å². The van der Waals surface area contributed by atoms with Gasteiger partial charge in [0.05, 0.1) is 13.0 Å². The third-order valence-corrected chi connectivity index (χ3v) is 1.87. The van der Waals surface area contributed by atoms with Crippen molar-refractivity contribution in [2.45, 2.75) is 40.5 Å². The van der Waals surface area contributed by atoms with Gasteiger partial charge in [0.15, 0.2) is 0 Å². The fourth-order valence-electron chi connectivity index (χ4n) is 1.23. The first-order valence-corrected chi connectivity index (χ1v) is 5.35. The summed E-state index contributed by atoms with van der Waals surface area (Å²) in [5.41, 5.74) is 1.75. The maximum Gasteiger partial charge on any atom is 0.303 e. The molecular weight excluding hydrogens is 210 g/mol. The van der Waals surface area contributed by atoms with E-state index in [2.05, 4.69) is 5.48 Å². The van der Waals surface area contributed by atoms with Crippen LogP contribution in [-0.4, -0.2) is 23.6 Å². The SMILES string of the molecule is CC(C)CONC(=O)CC(C)(C)CC(=O)O. The first-order chi connectivity index (χ1) is 7.23. The van der Waals surface area contributed by atoms with E-state index in [0.29, 0.717) is 12.5 Å². The number of amides is 1. The molecule has 0 bridgehead atoms. The summed E-state index contributed by atoms with van der Waals surface area (Å²) in [6.07, 6.45) is 0.0992. The molecule has 0 aromatic carbocycles. The van der Waals surface area contributed by atoms with Gasteiger partial charge < -0.3 is 5.11 Å². The van der Waals surface area contributed by atoms with E-state index in [1.807, 2.05) is 13.8 Å². The zero-order chi connectivity index (χ0) is 12.8. The molecule has 0 aromatic heterocycles. The van der Waals surface area contributed by atoms with Crippen LogP contribution in [0.2, 0.25) is 0 Å². The summed E-state index contributed by atoms with van der Waals surface area (Å²) in [5.74, 6) is -0.847. The Morgan fingerprint density at radius 1 is 1.31 bits per heavy atom. The highest BCUT2D eigenvalue weighted by atomic mass is 16.6. The van der Waals surface area contributed by atoms with Crippen molar-refractivity contribution in [3.05, 3.63) is 0 Å². The predicted octanol–water partition coefficient (Wildman–Crippen LogP) is 1.58. The van der Waals surface area contributed by atoms with Crippen LogP contribution in [0.15, 0.2) is 0 Å². The molecule has 0 spiro atoms. The standard InChI is InChI=1S/C11H21NO4/c1-8(2)7-16-12-9(13)5-11(3,4)6-10(14)15/h8H,5-7H2,1-4H3,(H,12,13)(H,14,15). The minimum atomic E-state index is -0.902. The lowest BCUT2D eigenvalue weighted by atomic mass is 9.85. The first kappa shape index (κ1) is 14.9. The molecule has 94 valence electrons. The van der Waals surface area contributed by atoms with E-state index < -0.39 is 11.4 Å². The molecule has 0 unspecified atom stereocenters. The summed E-state index contributed by atoms with van der Waals surface area (Å²) in [7, 11) is 0. The summed E-state index contributed by atoms with van der Waals surface area (Å²) in [6.45, 7) is 7.87. The maximum absolute atomic E-state index is 11.4. The molecule has 0 saturated heterocycles. The van der Waals surface area contributed by atoms with Crippen molar-refractivity contribution >= 4 is 11.9 Å². The molecule has 5 nitrogen and oxygen atoms in total. The second-order valence-corrected chi connectivity index (χ2v) is 5.14. The highest BCUT2D eigenvalue weighted by molar-refractivity contribution is 5.76. The Kier molecular flexibility index (Phi) is 6.03. The summed E-state index contributed by atoms with van der Waals surface area (Å²) < 4.78 is 0. The lowest BCUT2D eigenvalue weighted by Gasteiger charge is -2.21.